The molecule has 0 saturated heterocycles. The van der Waals surface area contributed by atoms with Crippen molar-refractivity contribution in [2.45, 2.75) is 32.2 Å². The molecule has 1 heterocycles. The summed E-state index contributed by atoms with van der Waals surface area (Å²) in [6, 6.07) is 5.56. The Morgan fingerprint density at radius 2 is 2.16 bits per heavy atom. The monoisotopic (exact) mass is 257 g/mol. The molecule has 1 saturated carbocycles. The van der Waals surface area contributed by atoms with Crippen molar-refractivity contribution < 1.29 is 4.79 Å². The number of nitrogens with two attached hydrogens (primary N) is 1. The fraction of sp³-hybridized carbons (Fsp3) is 0.400. The van der Waals surface area contributed by atoms with Crippen molar-refractivity contribution >= 4 is 22.5 Å². The number of hydrogen-bond acceptors (Lipinski definition) is 2. The highest BCUT2D eigenvalue weighted by Gasteiger charge is 2.39. The number of carbonyl (C=O) groups excluding carboxylic acids is 1. The fourth-order valence-corrected chi connectivity index (χ4v) is 2.59. The lowest BCUT2D eigenvalue weighted by Gasteiger charge is -2.26. The molecule has 3 rings (SSSR count). The van der Waals surface area contributed by atoms with E-state index in [9.17, 15) is 4.79 Å². The summed E-state index contributed by atoms with van der Waals surface area (Å²) in [4.78, 5) is 15.5. The quantitative estimate of drug-likeness (QED) is 0.740. The van der Waals surface area contributed by atoms with E-state index in [0.717, 1.165) is 10.9 Å². The van der Waals surface area contributed by atoms with Gasteiger partial charge in [0.2, 0.25) is 0 Å². The molecule has 19 heavy (non-hydrogen) atoms. The first-order chi connectivity index (χ1) is 8.97. The van der Waals surface area contributed by atoms with Crippen molar-refractivity contribution in [3.8, 4) is 0 Å². The van der Waals surface area contributed by atoms with E-state index in [-0.39, 0.29) is 11.4 Å². The molecule has 0 spiro atoms. The Morgan fingerprint density at radius 3 is 2.84 bits per heavy atom. The molecule has 4 N–H and O–H groups in total. The zero-order valence-electron chi connectivity index (χ0n) is 11.3. The maximum atomic E-state index is 12.4. The summed E-state index contributed by atoms with van der Waals surface area (Å²) >= 11 is 0. The van der Waals surface area contributed by atoms with Crippen molar-refractivity contribution in [2.24, 2.45) is 5.92 Å². The van der Waals surface area contributed by atoms with Gasteiger partial charge in [0.05, 0.1) is 5.56 Å². The number of aromatic nitrogens is 1. The van der Waals surface area contributed by atoms with E-state index in [1.165, 1.54) is 12.8 Å². The Kier molecular flexibility index (Phi) is 2.55. The van der Waals surface area contributed by atoms with Gasteiger partial charge >= 0.3 is 0 Å². The molecule has 1 aliphatic carbocycles. The van der Waals surface area contributed by atoms with Crippen LogP contribution in [0, 0.1) is 5.92 Å². The van der Waals surface area contributed by atoms with Crippen LogP contribution < -0.4 is 11.1 Å². The summed E-state index contributed by atoms with van der Waals surface area (Å²) in [5, 5.41) is 4.01. The number of hydrogen-bond donors (Lipinski definition) is 3. The fourth-order valence-electron chi connectivity index (χ4n) is 2.59. The Morgan fingerprint density at radius 1 is 1.42 bits per heavy atom. The number of aromatic amines is 1. The lowest BCUT2D eigenvalue weighted by Crippen LogP contribution is -2.45. The van der Waals surface area contributed by atoms with Gasteiger partial charge in [0.1, 0.15) is 0 Å². The van der Waals surface area contributed by atoms with Gasteiger partial charge in [-0.3, -0.25) is 4.79 Å². The van der Waals surface area contributed by atoms with Crippen LogP contribution in [0.2, 0.25) is 0 Å². The minimum atomic E-state index is -0.138. The minimum Gasteiger partial charge on any atom is -0.399 e. The van der Waals surface area contributed by atoms with E-state index in [0.29, 0.717) is 17.2 Å². The first-order valence-corrected chi connectivity index (χ1v) is 6.66. The van der Waals surface area contributed by atoms with Crippen LogP contribution in [-0.4, -0.2) is 16.4 Å². The van der Waals surface area contributed by atoms with Gasteiger partial charge in [-0.25, -0.2) is 0 Å². The summed E-state index contributed by atoms with van der Waals surface area (Å²) in [5.74, 6) is 0.570. The molecule has 0 radical (unpaired) electrons. The maximum Gasteiger partial charge on any atom is 0.253 e. The molecule has 1 amide bonds. The van der Waals surface area contributed by atoms with Crippen LogP contribution in [0.1, 0.15) is 37.0 Å². The van der Waals surface area contributed by atoms with Gasteiger partial charge < -0.3 is 16.0 Å². The number of nitrogens with one attached hydrogen (secondary N) is 2. The van der Waals surface area contributed by atoms with Gasteiger partial charge in [0.15, 0.2) is 0 Å². The van der Waals surface area contributed by atoms with Crippen LogP contribution in [0.3, 0.4) is 0 Å². The van der Waals surface area contributed by atoms with Crippen molar-refractivity contribution in [3.63, 3.8) is 0 Å². The molecule has 0 bridgehead atoms. The highest BCUT2D eigenvalue weighted by molar-refractivity contribution is 6.07. The molecule has 4 heteroatoms. The topological polar surface area (TPSA) is 70.9 Å². The number of H-pyrrole nitrogens is 1. The smallest absolute Gasteiger partial charge is 0.253 e. The number of anilines is 1. The van der Waals surface area contributed by atoms with Crippen LogP contribution in [0.15, 0.2) is 24.4 Å². The van der Waals surface area contributed by atoms with E-state index in [2.05, 4.69) is 24.1 Å². The molecule has 0 atom stereocenters. The summed E-state index contributed by atoms with van der Waals surface area (Å²) < 4.78 is 0. The van der Waals surface area contributed by atoms with Gasteiger partial charge in [-0.1, -0.05) is 0 Å². The van der Waals surface area contributed by atoms with Crippen LogP contribution in [0.5, 0.6) is 0 Å². The van der Waals surface area contributed by atoms with Crippen molar-refractivity contribution in [1.82, 2.24) is 10.3 Å². The summed E-state index contributed by atoms with van der Waals surface area (Å²) in [6.45, 7) is 4.18. The number of carbonyl (C=O) groups is 1. The second-order valence-corrected chi connectivity index (χ2v) is 5.96. The third-order valence-corrected chi connectivity index (χ3v) is 3.98. The molecule has 4 nitrogen and oxygen atoms in total. The molecular formula is C15H19N3O. The lowest BCUT2D eigenvalue weighted by atomic mass is 9.98. The van der Waals surface area contributed by atoms with E-state index in [1.807, 2.05) is 18.2 Å². The van der Waals surface area contributed by atoms with Crippen LogP contribution in [0.4, 0.5) is 5.69 Å². The number of nitrogen functional groups attached to an aromatic ring is 1. The van der Waals surface area contributed by atoms with Gasteiger partial charge in [-0.05, 0) is 50.8 Å². The largest absolute Gasteiger partial charge is 0.399 e. The minimum absolute atomic E-state index is 0.0336. The van der Waals surface area contributed by atoms with Crippen LogP contribution in [0.25, 0.3) is 10.9 Å². The first kappa shape index (κ1) is 12.1. The van der Waals surface area contributed by atoms with Crippen molar-refractivity contribution in [3.05, 3.63) is 30.0 Å². The van der Waals surface area contributed by atoms with Gasteiger partial charge in [-0.15, -0.1) is 0 Å². The normalized spacial score (nSPS) is 15.7. The molecule has 1 fully saturated rings. The average Bonchev–Trinajstić information content (AvgIpc) is 3.10. The Bertz CT molecular complexity index is 638. The Balaban J connectivity index is 1.91. The van der Waals surface area contributed by atoms with Crippen molar-refractivity contribution in [2.75, 3.05) is 5.73 Å². The average molecular weight is 257 g/mol. The standard InChI is InChI=1S/C15H19N3O/c1-15(2,9-3-4-9)18-14(19)12-8-17-13-6-5-10(16)7-11(12)13/h5-9,17H,3-4,16H2,1-2H3,(H,18,19). The zero-order chi connectivity index (χ0) is 13.6. The van der Waals surface area contributed by atoms with Gasteiger partial charge in [0.25, 0.3) is 5.91 Å². The second kappa shape index (κ2) is 4.02. The van der Waals surface area contributed by atoms with E-state index >= 15 is 0 Å². The summed E-state index contributed by atoms with van der Waals surface area (Å²) in [7, 11) is 0. The molecule has 0 unspecified atom stereocenters. The predicted molar refractivity (Wildman–Crippen MR) is 77.0 cm³/mol. The number of fused-ring (bicyclic) bond motifs is 1. The van der Waals surface area contributed by atoms with Crippen LogP contribution >= 0.6 is 0 Å². The zero-order valence-corrected chi connectivity index (χ0v) is 11.3. The molecule has 100 valence electrons. The molecule has 1 aliphatic rings. The summed E-state index contributed by atoms with van der Waals surface area (Å²) in [6.07, 6.45) is 4.16. The Labute approximate surface area is 112 Å². The lowest BCUT2D eigenvalue weighted by molar-refractivity contribution is 0.0905. The highest BCUT2D eigenvalue weighted by atomic mass is 16.1. The molecule has 1 aromatic carbocycles. The third-order valence-electron chi connectivity index (χ3n) is 3.98. The summed E-state index contributed by atoms with van der Waals surface area (Å²) in [5.41, 5.74) is 7.92. The predicted octanol–water partition coefficient (Wildman–Crippen LogP) is 2.67. The molecular weight excluding hydrogens is 238 g/mol. The first-order valence-electron chi connectivity index (χ1n) is 6.66. The maximum absolute atomic E-state index is 12.4. The third kappa shape index (κ3) is 2.18. The van der Waals surface area contributed by atoms with Gasteiger partial charge in [0, 0.05) is 28.3 Å². The number of benzene rings is 1. The molecule has 1 aromatic heterocycles. The number of rotatable bonds is 3. The molecule has 2 aromatic rings. The molecule has 0 aliphatic heterocycles. The Hall–Kier alpha value is -1.97. The van der Waals surface area contributed by atoms with Crippen LogP contribution in [-0.2, 0) is 0 Å². The van der Waals surface area contributed by atoms with Gasteiger partial charge in [-0.2, -0.15) is 0 Å². The van der Waals surface area contributed by atoms with E-state index in [4.69, 9.17) is 5.73 Å². The number of amides is 1. The van der Waals surface area contributed by atoms with E-state index in [1.54, 1.807) is 6.20 Å². The highest BCUT2D eigenvalue weighted by Crippen LogP contribution is 2.39. The van der Waals surface area contributed by atoms with E-state index < -0.39 is 0 Å². The second-order valence-electron chi connectivity index (χ2n) is 5.96. The van der Waals surface area contributed by atoms with Crippen molar-refractivity contribution in [1.29, 1.82) is 0 Å². The SMILES string of the molecule is CC(C)(NC(=O)c1c[nH]c2ccc(N)cc12)C1CC1.